The van der Waals surface area contributed by atoms with Crippen LogP contribution in [0.15, 0.2) is 23.3 Å². The SMILES string of the molecule is CCC1CCc2ccc(N3N=C(C)CC3=O)cc21. The second kappa shape index (κ2) is 4.23. The number of carbonyl (C=O) groups is 1. The van der Waals surface area contributed by atoms with Gasteiger partial charge in [0.1, 0.15) is 0 Å². The van der Waals surface area contributed by atoms with Crippen molar-refractivity contribution in [2.24, 2.45) is 5.10 Å². The van der Waals surface area contributed by atoms with Crippen molar-refractivity contribution in [3.63, 3.8) is 0 Å². The summed E-state index contributed by atoms with van der Waals surface area (Å²) in [7, 11) is 0. The van der Waals surface area contributed by atoms with Crippen LogP contribution in [0.1, 0.15) is 50.2 Å². The van der Waals surface area contributed by atoms with Crippen molar-refractivity contribution in [1.82, 2.24) is 0 Å². The molecule has 3 rings (SSSR count). The van der Waals surface area contributed by atoms with Crippen molar-refractivity contribution in [3.05, 3.63) is 29.3 Å². The Bertz CT molecular complexity index is 533. The lowest BCUT2D eigenvalue weighted by atomic mass is 9.98. The van der Waals surface area contributed by atoms with E-state index >= 15 is 0 Å². The van der Waals surface area contributed by atoms with E-state index in [4.69, 9.17) is 0 Å². The molecule has 0 fully saturated rings. The van der Waals surface area contributed by atoms with E-state index in [0.717, 1.165) is 11.4 Å². The lowest BCUT2D eigenvalue weighted by molar-refractivity contribution is -0.116. The molecule has 1 aliphatic carbocycles. The van der Waals surface area contributed by atoms with Crippen LogP contribution in [0.25, 0.3) is 0 Å². The smallest absolute Gasteiger partial charge is 0.253 e. The Morgan fingerprint density at radius 1 is 1.44 bits per heavy atom. The fraction of sp³-hybridized carbons (Fsp3) is 0.467. The van der Waals surface area contributed by atoms with Crippen LogP contribution in [0.5, 0.6) is 0 Å². The molecule has 2 aliphatic rings. The van der Waals surface area contributed by atoms with Crippen LogP contribution < -0.4 is 5.01 Å². The fourth-order valence-electron chi connectivity index (χ4n) is 2.99. The average Bonchev–Trinajstić information content (AvgIpc) is 2.91. The maximum Gasteiger partial charge on any atom is 0.253 e. The molecule has 1 aromatic rings. The highest BCUT2D eigenvalue weighted by atomic mass is 16.2. The van der Waals surface area contributed by atoms with Gasteiger partial charge in [0.15, 0.2) is 0 Å². The van der Waals surface area contributed by atoms with E-state index < -0.39 is 0 Å². The maximum absolute atomic E-state index is 11.8. The Hall–Kier alpha value is -1.64. The highest BCUT2D eigenvalue weighted by Crippen LogP contribution is 2.38. The van der Waals surface area contributed by atoms with Gasteiger partial charge >= 0.3 is 0 Å². The molecular weight excluding hydrogens is 224 g/mol. The number of carbonyl (C=O) groups excluding carboxylic acids is 1. The molecule has 1 atom stereocenters. The van der Waals surface area contributed by atoms with E-state index in [9.17, 15) is 4.79 Å². The molecule has 0 bridgehead atoms. The number of amides is 1. The lowest BCUT2D eigenvalue weighted by Gasteiger charge is -2.15. The first-order valence-corrected chi connectivity index (χ1v) is 6.69. The van der Waals surface area contributed by atoms with Crippen molar-refractivity contribution < 1.29 is 4.79 Å². The van der Waals surface area contributed by atoms with E-state index in [1.807, 2.05) is 13.0 Å². The van der Waals surface area contributed by atoms with Gasteiger partial charge in [-0.1, -0.05) is 13.0 Å². The second-order valence-corrected chi connectivity index (χ2v) is 5.24. The third kappa shape index (κ3) is 1.74. The highest BCUT2D eigenvalue weighted by molar-refractivity contribution is 6.12. The average molecular weight is 242 g/mol. The van der Waals surface area contributed by atoms with Crippen molar-refractivity contribution >= 4 is 17.3 Å². The molecule has 0 N–H and O–H groups in total. The zero-order valence-corrected chi connectivity index (χ0v) is 10.9. The van der Waals surface area contributed by atoms with Gasteiger partial charge in [0.25, 0.3) is 5.91 Å². The van der Waals surface area contributed by atoms with Gasteiger partial charge in [-0.05, 0) is 55.4 Å². The molecule has 18 heavy (non-hydrogen) atoms. The minimum absolute atomic E-state index is 0.0819. The van der Waals surface area contributed by atoms with Gasteiger partial charge in [-0.15, -0.1) is 0 Å². The number of nitrogens with zero attached hydrogens (tertiary/aromatic N) is 2. The first kappa shape index (κ1) is 11.5. The zero-order valence-electron chi connectivity index (χ0n) is 10.9. The summed E-state index contributed by atoms with van der Waals surface area (Å²) in [5.41, 5.74) is 4.68. The molecule has 3 heteroatoms. The van der Waals surface area contributed by atoms with Gasteiger partial charge in [-0.25, -0.2) is 5.01 Å². The molecule has 1 unspecified atom stereocenters. The van der Waals surface area contributed by atoms with E-state index in [1.54, 1.807) is 5.01 Å². The number of fused-ring (bicyclic) bond motifs is 1. The predicted octanol–water partition coefficient (Wildman–Crippen LogP) is 3.24. The lowest BCUT2D eigenvalue weighted by Crippen LogP contribution is -2.19. The standard InChI is InChI=1S/C15H18N2O/c1-3-11-4-5-12-6-7-13(9-14(11)12)17-15(18)8-10(2)16-17/h6-7,9,11H,3-5,8H2,1-2H3. The van der Waals surface area contributed by atoms with Gasteiger partial charge in [0.2, 0.25) is 0 Å². The molecule has 0 radical (unpaired) electrons. The molecule has 0 saturated heterocycles. The Morgan fingerprint density at radius 2 is 2.28 bits per heavy atom. The molecule has 0 spiro atoms. The summed E-state index contributed by atoms with van der Waals surface area (Å²) in [6.45, 7) is 4.13. The molecule has 1 aromatic carbocycles. The van der Waals surface area contributed by atoms with Crippen LogP contribution in [0, 0.1) is 0 Å². The molecule has 1 amide bonds. The molecule has 3 nitrogen and oxygen atoms in total. The number of benzene rings is 1. The van der Waals surface area contributed by atoms with Crippen LogP contribution >= 0.6 is 0 Å². The summed E-state index contributed by atoms with van der Waals surface area (Å²) < 4.78 is 0. The summed E-state index contributed by atoms with van der Waals surface area (Å²) in [6.07, 6.45) is 4.04. The fourth-order valence-corrected chi connectivity index (χ4v) is 2.99. The summed E-state index contributed by atoms with van der Waals surface area (Å²) in [6, 6.07) is 6.35. The van der Waals surface area contributed by atoms with Gasteiger partial charge in [0, 0.05) is 5.71 Å². The quantitative estimate of drug-likeness (QED) is 0.783. The first-order valence-electron chi connectivity index (χ1n) is 6.69. The molecule has 0 saturated carbocycles. The zero-order chi connectivity index (χ0) is 12.7. The van der Waals surface area contributed by atoms with Gasteiger partial charge < -0.3 is 0 Å². The normalized spacial score (nSPS) is 22.3. The molecular formula is C15H18N2O. The van der Waals surface area contributed by atoms with E-state index in [-0.39, 0.29) is 5.91 Å². The number of hydrogen-bond donors (Lipinski definition) is 0. The third-order valence-corrected chi connectivity index (χ3v) is 3.98. The Balaban J connectivity index is 1.98. The van der Waals surface area contributed by atoms with Gasteiger partial charge in [0.05, 0.1) is 12.1 Å². The number of hydrazone groups is 1. The molecule has 0 aromatic heterocycles. The maximum atomic E-state index is 11.8. The van der Waals surface area contributed by atoms with E-state index in [0.29, 0.717) is 12.3 Å². The molecule has 1 aliphatic heterocycles. The van der Waals surface area contributed by atoms with Crippen molar-refractivity contribution in [2.45, 2.75) is 45.4 Å². The van der Waals surface area contributed by atoms with Gasteiger partial charge in [-0.2, -0.15) is 5.10 Å². The Labute approximate surface area is 107 Å². The van der Waals surface area contributed by atoms with Crippen molar-refractivity contribution in [1.29, 1.82) is 0 Å². The topological polar surface area (TPSA) is 32.7 Å². The minimum Gasteiger partial charge on any atom is -0.272 e. The van der Waals surface area contributed by atoms with E-state index in [2.05, 4.69) is 24.2 Å². The molecule has 1 heterocycles. The number of anilines is 1. The van der Waals surface area contributed by atoms with Crippen molar-refractivity contribution in [2.75, 3.05) is 5.01 Å². The van der Waals surface area contributed by atoms with Crippen molar-refractivity contribution in [3.8, 4) is 0 Å². The van der Waals surface area contributed by atoms with Crippen LogP contribution in [-0.4, -0.2) is 11.6 Å². The van der Waals surface area contributed by atoms with Crippen LogP contribution in [0.3, 0.4) is 0 Å². The third-order valence-electron chi connectivity index (χ3n) is 3.98. The highest BCUT2D eigenvalue weighted by Gasteiger charge is 2.26. The number of rotatable bonds is 2. The first-order chi connectivity index (χ1) is 8.69. The summed E-state index contributed by atoms with van der Waals surface area (Å²) in [5, 5.41) is 5.87. The second-order valence-electron chi connectivity index (χ2n) is 5.24. The number of aryl methyl sites for hydroxylation is 1. The summed E-state index contributed by atoms with van der Waals surface area (Å²) in [4.78, 5) is 11.8. The monoisotopic (exact) mass is 242 g/mol. The van der Waals surface area contributed by atoms with E-state index in [1.165, 1.54) is 30.4 Å². The predicted molar refractivity (Wildman–Crippen MR) is 73.0 cm³/mol. The Morgan fingerprint density at radius 3 is 2.94 bits per heavy atom. The summed E-state index contributed by atoms with van der Waals surface area (Å²) in [5.74, 6) is 0.737. The minimum atomic E-state index is 0.0819. The van der Waals surface area contributed by atoms with Crippen LogP contribution in [-0.2, 0) is 11.2 Å². The van der Waals surface area contributed by atoms with Crippen LogP contribution in [0.2, 0.25) is 0 Å². The van der Waals surface area contributed by atoms with Crippen LogP contribution in [0.4, 0.5) is 5.69 Å². The largest absolute Gasteiger partial charge is 0.272 e. The number of hydrogen-bond acceptors (Lipinski definition) is 2. The molecule has 94 valence electrons. The summed E-state index contributed by atoms with van der Waals surface area (Å²) >= 11 is 0. The Kier molecular flexibility index (Phi) is 2.69. The van der Waals surface area contributed by atoms with Gasteiger partial charge in [-0.3, -0.25) is 4.79 Å².